The van der Waals surface area contributed by atoms with Crippen molar-refractivity contribution < 1.29 is 9.47 Å². The summed E-state index contributed by atoms with van der Waals surface area (Å²) >= 11 is 0. The van der Waals surface area contributed by atoms with Crippen LogP contribution in [0.3, 0.4) is 0 Å². The minimum atomic E-state index is 0.507. The number of nitrogens with zero attached hydrogens (tertiary/aromatic N) is 1. The summed E-state index contributed by atoms with van der Waals surface area (Å²) in [7, 11) is 0. The molecule has 1 N–H and O–H groups in total. The maximum absolute atomic E-state index is 5.51. The molecule has 0 aromatic carbocycles. The highest BCUT2D eigenvalue weighted by atomic mass is 16.5. The molecule has 0 spiro atoms. The fourth-order valence-corrected chi connectivity index (χ4v) is 2.41. The van der Waals surface area contributed by atoms with Gasteiger partial charge in [0.1, 0.15) is 0 Å². The highest BCUT2D eigenvalue weighted by Gasteiger charge is 2.21. The monoisotopic (exact) mass is 288 g/mol. The van der Waals surface area contributed by atoms with E-state index in [1.54, 1.807) is 0 Å². The number of hydrogen-bond donors (Lipinski definition) is 1. The molecule has 2 atom stereocenters. The molecule has 0 amide bonds. The lowest BCUT2D eigenvalue weighted by Crippen LogP contribution is -2.50. The molecule has 4 nitrogen and oxygen atoms in total. The summed E-state index contributed by atoms with van der Waals surface area (Å²) in [6.45, 7) is 17.1. The summed E-state index contributed by atoms with van der Waals surface area (Å²) in [6, 6.07) is 1.05. The Morgan fingerprint density at radius 3 is 1.90 bits per heavy atom. The van der Waals surface area contributed by atoms with Crippen LogP contribution >= 0.6 is 0 Å². The molecule has 2 unspecified atom stereocenters. The van der Waals surface area contributed by atoms with E-state index in [0.29, 0.717) is 12.1 Å². The van der Waals surface area contributed by atoms with Gasteiger partial charge >= 0.3 is 0 Å². The molecule has 0 aliphatic rings. The van der Waals surface area contributed by atoms with Crippen molar-refractivity contribution in [1.82, 2.24) is 10.2 Å². The third-order valence-corrected chi connectivity index (χ3v) is 3.71. The lowest BCUT2D eigenvalue weighted by Gasteiger charge is -2.35. The molecule has 4 heteroatoms. The van der Waals surface area contributed by atoms with Crippen LogP contribution in [0, 0.1) is 0 Å². The van der Waals surface area contributed by atoms with Crippen molar-refractivity contribution in [1.29, 1.82) is 0 Å². The van der Waals surface area contributed by atoms with Crippen molar-refractivity contribution >= 4 is 0 Å². The lowest BCUT2D eigenvalue weighted by molar-refractivity contribution is 0.0567. The molecule has 0 bridgehead atoms. The van der Waals surface area contributed by atoms with Gasteiger partial charge in [-0.15, -0.1) is 0 Å². The molecule has 122 valence electrons. The Kier molecular flexibility index (Phi) is 13.7. The van der Waals surface area contributed by atoms with E-state index < -0.39 is 0 Å². The van der Waals surface area contributed by atoms with E-state index in [0.717, 1.165) is 52.5 Å². The first-order chi connectivity index (χ1) is 9.71. The standard InChI is InChI=1S/C16H36N2O2/c1-6-10-17-16(7-2)15(5)18(11-13-19-8-3)12-14-20-9-4/h15-17H,6-14H2,1-5H3. The lowest BCUT2D eigenvalue weighted by atomic mass is 10.1. The van der Waals surface area contributed by atoms with Crippen LogP contribution in [-0.4, -0.2) is 63.0 Å². The summed E-state index contributed by atoms with van der Waals surface area (Å²) in [5.74, 6) is 0. The normalized spacial score (nSPS) is 14.7. The molecule has 0 radical (unpaired) electrons. The second kappa shape index (κ2) is 13.8. The minimum absolute atomic E-state index is 0.507. The first-order valence-electron chi connectivity index (χ1n) is 8.33. The van der Waals surface area contributed by atoms with Gasteiger partial charge in [-0.1, -0.05) is 13.8 Å². The molecule has 0 saturated heterocycles. The summed E-state index contributed by atoms with van der Waals surface area (Å²) in [5, 5.41) is 3.66. The van der Waals surface area contributed by atoms with Crippen LogP contribution in [0.25, 0.3) is 0 Å². The first-order valence-corrected chi connectivity index (χ1v) is 8.33. The fourth-order valence-electron chi connectivity index (χ4n) is 2.41. The van der Waals surface area contributed by atoms with E-state index in [1.807, 2.05) is 13.8 Å². The highest BCUT2D eigenvalue weighted by molar-refractivity contribution is 4.80. The average Bonchev–Trinajstić information content (AvgIpc) is 2.46. The average molecular weight is 288 g/mol. The molecule has 0 fully saturated rings. The fraction of sp³-hybridized carbons (Fsp3) is 1.00. The SMILES string of the molecule is CCCNC(CC)C(C)N(CCOCC)CCOCC. The molecular formula is C16H36N2O2. The molecule has 0 aromatic rings. The van der Waals surface area contributed by atoms with Crippen molar-refractivity contribution in [3.8, 4) is 0 Å². The second-order valence-electron chi connectivity index (χ2n) is 5.14. The predicted octanol–water partition coefficient (Wildman–Crippen LogP) is 2.53. The minimum Gasteiger partial charge on any atom is -0.380 e. The Balaban J connectivity index is 4.35. The smallest absolute Gasteiger partial charge is 0.0593 e. The van der Waals surface area contributed by atoms with Gasteiger partial charge in [-0.2, -0.15) is 0 Å². The van der Waals surface area contributed by atoms with Crippen LogP contribution in [0.1, 0.15) is 47.5 Å². The third kappa shape index (κ3) is 8.90. The van der Waals surface area contributed by atoms with Crippen molar-refractivity contribution in [3.63, 3.8) is 0 Å². The van der Waals surface area contributed by atoms with Crippen LogP contribution in [0.2, 0.25) is 0 Å². The van der Waals surface area contributed by atoms with Gasteiger partial charge in [0, 0.05) is 38.4 Å². The number of rotatable bonds is 14. The Hall–Kier alpha value is -0.160. The van der Waals surface area contributed by atoms with Crippen LogP contribution in [0.15, 0.2) is 0 Å². The molecule has 20 heavy (non-hydrogen) atoms. The van der Waals surface area contributed by atoms with Crippen molar-refractivity contribution in [3.05, 3.63) is 0 Å². The Bertz CT molecular complexity index is 193. The first kappa shape index (κ1) is 19.8. The molecule has 0 aromatic heterocycles. The van der Waals surface area contributed by atoms with E-state index in [1.165, 1.54) is 6.42 Å². The Morgan fingerprint density at radius 2 is 1.50 bits per heavy atom. The van der Waals surface area contributed by atoms with Crippen LogP contribution in [-0.2, 0) is 9.47 Å². The van der Waals surface area contributed by atoms with Gasteiger partial charge in [0.2, 0.25) is 0 Å². The maximum atomic E-state index is 5.51. The van der Waals surface area contributed by atoms with Gasteiger partial charge < -0.3 is 14.8 Å². The second-order valence-corrected chi connectivity index (χ2v) is 5.14. The quantitative estimate of drug-likeness (QED) is 0.498. The largest absolute Gasteiger partial charge is 0.380 e. The molecule has 0 aliphatic heterocycles. The molecular weight excluding hydrogens is 252 g/mol. The highest BCUT2D eigenvalue weighted by Crippen LogP contribution is 2.08. The summed E-state index contributed by atoms with van der Waals surface area (Å²) in [4.78, 5) is 2.49. The molecule has 0 rings (SSSR count). The maximum Gasteiger partial charge on any atom is 0.0593 e. The number of nitrogens with one attached hydrogen (secondary N) is 1. The topological polar surface area (TPSA) is 33.7 Å². The molecule has 0 saturated carbocycles. The van der Waals surface area contributed by atoms with Crippen molar-refractivity contribution in [2.45, 2.75) is 59.5 Å². The summed E-state index contributed by atoms with van der Waals surface area (Å²) in [6.07, 6.45) is 2.34. The van der Waals surface area contributed by atoms with Crippen LogP contribution < -0.4 is 5.32 Å². The van der Waals surface area contributed by atoms with Crippen molar-refractivity contribution in [2.75, 3.05) is 46.1 Å². The summed E-state index contributed by atoms with van der Waals surface area (Å²) < 4.78 is 11.0. The zero-order valence-corrected chi connectivity index (χ0v) is 14.3. The van der Waals surface area contributed by atoms with Gasteiger partial charge in [-0.25, -0.2) is 0 Å². The zero-order valence-electron chi connectivity index (χ0n) is 14.3. The number of ether oxygens (including phenoxy) is 2. The molecule has 0 aliphatic carbocycles. The van der Waals surface area contributed by atoms with E-state index in [2.05, 4.69) is 31.0 Å². The predicted molar refractivity (Wildman–Crippen MR) is 86.4 cm³/mol. The van der Waals surface area contributed by atoms with Crippen molar-refractivity contribution in [2.24, 2.45) is 0 Å². The number of hydrogen-bond acceptors (Lipinski definition) is 4. The van der Waals surface area contributed by atoms with Gasteiger partial charge in [0.05, 0.1) is 13.2 Å². The van der Waals surface area contributed by atoms with E-state index in [4.69, 9.17) is 9.47 Å². The van der Waals surface area contributed by atoms with Gasteiger partial charge in [-0.3, -0.25) is 4.90 Å². The zero-order chi connectivity index (χ0) is 15.2. The Labute approximate surface area is 126 Å². The summed E-state index contributed by atoms with van der Waals surface area (Å²) in [5.41, 5.74) is 0. The third-order valence-electron chi connectivity index (χ3n) is 3.71. The van der Waals surface area contributed by atoms with Gasteiger partial charge in [0.15, 0.2) is 0 Å². The van der Waals surface area contributed by atoms with Gasteiger partial charge in [-0.05, 0) is 40.2 Å². The molecule has 0 heterocycles. The van der Waals surface area contributed by atoms with Crippen LogP contribution in [0.4, 0.5) is 0 Å². The Morgan fingerprint density at radius 1 is 0.950 bits per heavy atom. The van der Waals surface area contributed by atoms with Crippen LogP contribution in [0.5, 0.6) is 0 Å². The van der Waals surface area contributed by atoms with E-state index in [9.17, 15) is 0 Å². The van der Waals surface area contributed by atoms with E-state index >= 15 is 0 Å². The van der Waals surface area contributed by atoms with E-state index in [-0.39, 0.29) is 0 Å². The van der Waals surface area contributed by atoms with Gasteiger partial charge in [0.25, 0.3) is 0 Å².